The molecule has 0 bridgehead atoms. The van der Waals surface area contributed by atoms with E-state index in [0.29, 0.717) is 23.2 Å². The van der Waals surface area contributed by atoms with Crippen molar-refractivity contribution in [3.63, 3.8) is 0 Å². The predicted octanol–water partition coefficient (Wildman–Crippen LogP) is 0.176. The normalized spacial score (nSPS) is 14.0. The molecular weight excluding hydrogens is 828 g/mol. The number of nitrogen functional groups attached to an aromatic ring is 2. The Morgan fingerprint density at radius 3 is 1.90 bits per heavy atom. The monoisotopic (exact) mass is 868 g/mol. The molecule has 2 atom stereocenters. The molecule has 6 rings (SSSR count). The van der Waals surface area contributed by atoms with Crippen molar-refractivity contribution in [2.24, 2.45) is 0 Å². The molecule has 23 heteroatoms. The van der Waals surface area contributed by atoms with Crippen LogP contribution >= 0.6 is 0 Å². The lowest BCUT2D eigenvalue weighted by Gasteiger charge is -2.27. The van der Waals surface area contributed by atoms with Crippen LogP contribution in [0.3, 0.4) is 0 Å². The fraction of sp³-hybridized carbons (Fsp3) is 0.275. The molecule has 1 aliphatic rings. The van der Waals surface area contributed by atoms with Crippen LogP contribution in [0, 0.1) is 0 Å². The molecule has 0 fully saturated rings. The summed E-state index contributed by atoms with van der Waals surface area (Å²) in [5.41, 5.74) is 11.4. The Labute approximate surface area is 354 Å². The number of fused-ring (bicyclic) bond motifs is 2. The zero-order chi connectivity index (χ0) is 46.4. The topological polar surface area (TPSA) is 390 Å². The first-order valence-corrected chi connectivity index (χ1v) is 18.9. The fourth-order valence-electron chi connectivity index (χ4n) is 7.06. The van der Waals surface area contributed by atoms with Crippen molar-refractivity contribution < 1.29 is 53.4 Å². The molecule has 0 radical (unpaired) electrons. The third kappa shape index (κ3) is 11.0. The molecule has 12 N–H and O–H groups in total. The molecule has 0 saturated carbocycles. The van der Waals surface area contributed by atoms with Gasteiger partial charge >= 0.3 is 24.2 Å². The number of anilines is 3. The number of carbonyl (C=O) groups is 5. The Hall–Kier alpha value is -8.55. The van der Waals surface area contributed by atoms with Crippen molar-refractivity contribution in [2.45, 2.75) is 63.3 Å². The number of aliphatic carboxylic acids is 2. The van der Waals surface area contributed by atoms with Gasteiger partial charge < -0.3 is 42.6 Å². The second kappa shape index (κ2) is 21.1. The largest absolute Gasteiger partial charge is 0.481 e. The molecule has 0 spiro atoms. The van der Waals surface area contributed by atoms with Gasteiger partial charge in [0.05, 0.1) is 10.9 Å². The molecule has 3 aromatic heterocycles. The van der Waals surface area contributed by atoms with E-state index in [1.54, 1.807) is 36.4 Å². The van der Waals surface area contributed by atoms with Gasteiger partial charge in [0, 0.05) is 29.8 Å². The molecule has 0 saturated heterocycles. The van der Waals surface area contributed by atoms with Crippen LogP contribution in [0.4, 0.5) is 17.7 Å². The number of carboxylic acids is 2. The molecule has 0 unspecified atom stereocenters. The summed E-state index contributed by atoms with van der Waals surface area (Å²) >= 11 is 0. The summed E-state index contributed by atoms with van der Waals surface area (Å²) in [4.78, 5) is 139. The Bertz CT molecular complexity index is 2700. The number of nitrogens with two attached hydrogens (primary N) is 2. The first kappa shape index (κ1) is 47.1. The minimum absolute atomic E-state index is 0.00269. The van der Waals surface area contributed by atoms with Gasteiger partial charge in [-0.15, -0.1) is 0 Å². The predicted molar refractivity (Wildman–Crippen MR) is 217 cm³/mol. The van der Waals surface area contributed by atoms with E-state index in [1.165, 1.54) is 12.1 Å². The molecule has 0 aliphatic carbocycles. The maximum Gasteiger partial charge on any atom is 0.373 e. The van der Waals surface area contributed by atoms with Crippen LogP contribution < -0.4 is 38.5 Å². The van der Waals surface area contributed by atoms with Gasteiger partial charge in [-0.05, 0) is 79.5 Å². The van der Waals surface area contributed by atoms with Gasteiger partial charge in [-0.25, -0.2) is 4.79 Å². The molecule has 4 heterocycles. The summed E-state index contributed by atoms with van der Waals surface area (Å²) in [6.45, 7) is 2.47. The van der Waals surface area contributed by atoms with E-state index >= 15 is 0 Å². The summed E-state index contributed by atoms with van der Waals surface area (Å²) in [5.74, 6) is -4.56. The number of benzene rings is 2. The van der Waals surface area contributed by atoms with E-state index in [1.807, 2.05) is 6.92 Å². The highest BCUT2D eigenvalue weighted by atomic mass is 16.4. The van der Waals surface area contributed by atoms with Crippen LogP contribution in [0.25, 0.3) is 11.0 Å². The number of nitrogens with zero attached hydrogens (tertiary/aromatic N) is 2. The number of aryl methyl sites for hydroxylation is 3. The summed E-state index contributed by atoms with van der Waals surface area (Å²) in [6, 6.07) is 11.7. The molecule has 5 aromatic rings. The van der Waals surface area contributed by atoms with Gasteiger partial charge in [-0.3, -0.25) is 38.7 Å². The number of rotatable bonds is 16. The zero-order valence-corrected chi connectivity index (χ0v) is 33.3. The SMILES string of the molecule is CCCNC(=O)c1ccc(CC[C@@]2(c3[nH]c4nc(N)[nH]c(=O)c4c3CCc3ccc(C(=O)N[C@@H](CCC(=O)O)C(=O)O)cc3)C(=O)Nc3nc(N)[nH]c(=O)c32)cc1.O=C=O.O=C=O. The van der Waals surface area contributed by atoms with Crippen LogP contribution in [0.15, 0.2) is 58.1 Å². The van der Waals surface area contributed by atoms with Crippen molar-refractivity contribution in [2.75, 3.05) is 23.3 Å². The number of hydrogen-bond donors (Lipinski definition) is 10. The highest BCUT2D eigenvalue weighted by Crippen LogP contribution is 2.46. The van der Waals surface area contributed by atoms with Gasteiger partial charge in [-0.2, -0.15) is 29.1 Å². The maximum absolute atomic E-state index is 14.4. The van der Waals surface area contributed by atoms with Crippen LogP contribution in [-0.4, -0.2) is 89.7 Å². The molecule has 23 nitrogen and oxygen atoms in total. The van der Waals surface area contributed by atoms with E-state index in [2.05, 4.69) is 40.9 Å². The number of aromatic nitrogens is 5. The summed E-state index contributed by atoms with van der Waals surface area (Å²) in [6.07, 6.45) is 1.14. The molecule has 3 amide bonds. The highest BCUT2D eigenvalue weighted by Gasteiger charge is 2.53. The van der Waals surface area contributed by atoms with Crippen LogP contribution in [-0.2, 0) is 58.2 Å². The number of amides is 3. The third-order valence-corrected chi connectivity index (χ3v) is 9.87. The lowest BCUT2D eigenvalue weighted by Crippen LogP contribution is -2.41. The Morgan fingerprint density at radius 2 is 1.33 bits per heavy atom. The van der Waals surface area contributed by atoms with E-state index < -0.39 is 52.7 Å². The van der Waals surface area contributed by atoms with Crippen molar-refractivity contribution in [1.82, 2.24) is 35.6 Å². The fourth-order valence-corrected chi connectivity index (χ4v) is 7.06. The van der Waals surface area contributed by atoms with Crippen molar-refractivity contribution >= 4 is 70.7 Å². The maximum atomic E-state index is 14.4. The number of hydrogen-bond acceptors (Lipinski definition) is 15. The first-order chi connectivity index (χ1) is 30.0. The number of H-pyrrole nitrogens is 3. The smallest absolute Gasteiger partial charge is 0.373 e. The molecule has 63 heavy (non-hydrogen) atoms. The summed E-state index contributed by atoms with van der Waals surface area (Å²) in [5, 5.41) is 26.4. The minimum Gasteiger partial charge on any atom is -0.481 e. The van der Waals surface area contributed by atoms with Gasteiger partial charge in [0.2, 0.25) is 17.8 Å². The van der Waals surface area contributed by atoms with Crippen LogP contribution in [0.2, 0.25) is 0 Å². The van der Waals surface area contributed by atoms with Crippen LogP contribution in [0.5, 0.6) is 0 Å². The zero-order valence-electron chi connectivity index (χ0n) is 33.3. The van der Waals surface area contributed by atoms with E-state index in [0.717, 1.165) is 12.0 Å². The van der Waals surface area contributed by atoms with E-state index in [9.17, 15) is 38.7 Å². The molecule has 1 aliphatic heterocycles. The summed E-state index contributed by atoms with van der Waals surface area (Å²) in [7, 11) is 0. The number of aromatic amines is 3. The van der Waals surface area contributed by atoms with Crippen molar-refractivity contribution in [1.29, 1.82) is 0 Å². The number of nitrogens with one attached hydrogen (secondary N) is 6. The lowest BCUT2D eigenvalue weighted by atomic mass is 9.73. The minimum atomic E-state index is -1.75. The van der Waals surface area contributed by atoms with Crippen LogP contribution in [0.1, 0.15) is 81.3 Å². The molecule has 328 valence electrons. The average Bonchev–Trinajstić information content (AvgIpc) is 3.74. The Morgan fingerprint density at radius 1 is 0.778 bits per heavy atom. The first-order valence-electron chi connectivity index (χ1n) is 18.9. The molecular formula is C40H40N10O13. The van der Waals surface area contributed by atoms with E-state index in [4.69, 9.17) is 35.8 Å². The van der Waals surface area contributed by atoms with Crippen molar-refractivity contribution in [3.8, 4) is 0 Å². The standard InChI is InChI=1S/C38H40N10O9.2CO2/c1-2-17-41-30(51)20-8-5-19(6-9-20)15-16-38(26-29(44-35(38)57)46-37(40)48-33(26)54)27-22(25-28(43-27)45-36(39)47-32(25)53)12-7-18-3-10-21(11-4-18)31(52)42-23(34(55)56)13-14-24(49)50;2*2-1-3/h3-6,8-11,23H,2,7,12-17H2,1H3,(H,41,51)(H,42,52)(H,49,50)(H,55,56)(H4,39,43,45,47,53)(H4,40,44,46,48,54,57);;/t23-,38+;;/m0../s1. The third-order valence-electron chi connectivity index (χ3n) is 9.87. The molecule has 2 aromatic carbocycles. The Balaban J connectivity index is 0.00000137. The van der Waals surface area contributed by atoms with Gasteiger partial charge in [0.15, 0.2) is 0 Å². The number of carboxylic acid groups (broad SMARTS) is 2. The van der Waals surface area contributed by atoms with Gasteiger partial charge in [0.25, 0.3) is 22.9 Å². The van der Waals surface area contributed by atoms with Gasteiger partial charge in [-0.1, -0.05) is 31.2 Å². The Kier molecular flexibility index (Phi) is 15.8. The second-order valence-electron chi connectivity index (χ2n) is 13.8. The second-order valence-corrected chi connectivity index (χ2v) is 13.8. The average molecular weight is 869 g/mol. The highest BCUT2D eigenvalue weighted by molar-refractivity contribution is 6.08. The quantitative estimate of drug-likeness (QED) is 0.0632. The van der Waals surface area contributed by atoms with Crippen molar-refractivity contribution in [3.05, 3.63) is 108 Å². The summed E-state index contributed by atoms with van der Waals surface area (Å²) < 4.78 is 0. The number of carbonyl (C=O) groups excluding carboxylic acids is 7. The van der Waals surface area contributed by atoms with E-state index in [-0.39, 0.29) is 95.9 Å². The lowest BCUT2D eigenvalue weighted by molar-refractivity contribution is -0.193. The van der Waals surface area contributed by atoms with Gasteiger partial charge in [0.1, 0.15) is 22.9 Å².